The van der Waals surface area contributed by atoms with E-state index in [4.69, 9.17) is 11.5 Å². The first kappa shape index (κ1) is 14.2. The van der Waals surface area contributed by atoms with Crippen LogP contribution in [0.15, 0.2) is 11.5 Å². The Labute approximate surface area is 93.7 Å². The zero-order valence-electron chi connectivity index (χ0n) is 9.44. The van der Waals surface area contributed by atoms with Crippen LogP contribution in [-0.4, -0.2) is 49.4 Å². The van der Waals surface area contributed by atoms with Crippen molar-refractivity contribution in [2.45, 2.75) is 6.42 Å². The number of halogens is 1. The number of carbonyl (C=O) groups is 2. The van der Waals surface area contributed by atoms with Crippen LogP contribution in [0.5, 0.6) is 0 Å². The van der Waals surface area contributed by atoms with Crippen molar-refractivity contribution in [1.82, 2.24) is 9.80 Å². The topological polar surface area (TPSA) is 92.7 Å². The van der Waals surface area contributed by atoms with Crippen LogP contribution in [0.4, 0.5) is 4.39 Å². The van der Waals surface area contributed by atoms with Crippen LogP contribution in [0.3, 0.4) is 0 Å². The van der Waals surface area contributed by atoms with Gasteiger partial charge in [-0.05, 0) is 6.42 Å². The van der Waals surface area contributed by atoms with E-state index in [0.717, 1.165) is 4.90 Å². The molecule has 0 aromatic heterocycles. The fourth-order valence-electron chi connectivity index (χ4n) is 0.965. The molecular formula is C9H17FN4O2. The summed E-state index contributed by atoms with van der Waals surface area (Å²) in [4.78, 5) is 24.3. The highest BCUT2D eigenvalue weighted by atomic mass is 19.1. The third-order valence-corrected chi connectivity index (χ3v) is 1.88. The van der Waals surface area contributed by atoms with E-state index in [1.54, 1.807) is 0 Å². The Kier molecular flexibility index (Phi) is 5.91. The molecule has 0 saturated carbocycles. The second kappa shape index (κ2) is 6.65. The molecule has 0 heterocycles. The quantitative estimate of drug-likeness (QED) is 0.453. The van der Waals surface area contributed by atoms with Gasteiger partial charge < -0.3 is 16.4 Å². The summed E-state index contributed by atoms with van der Waals surface area (Å²) < 4.78 is 11.9. The first-order chi connectivity index (χ1) is 7.45. The Morgan fingerprint density at radius 2 is 1.94 bits per heavy atom. The van der Waals surface area contributed by atoms with Crippen molar-refractivity contribution in [2.24, 2.45) is 11.5 Å². The summed E-state index contributed by atoms with van der Waals surface area (Å²) in [7, 11) is 3.02. The van der Waals surface area contributed by atoms with E-state index in [0.29, 0.717) is 6.41 Å². The van der Waals surface area contributed by atoms with Crippen LogP contribution in [0.1, 0.15) is 6.42 Å². The van der Waals surface area contributed by atoms with Crippen molar-refractivity contribution in [3.63, 3.8) is 0 Å². The van der Waals surface area contributed by atoms with Crippen LogP contribution in [0.25, 0.3) is 0 Å². The lowest BCUT2D eigenvalue weighted by atomic mass is 10.3. The molecular weight excluding hydrogens is 215 g/mol. The van der Waals surface area contributed by atoms with Gasteiger partial charge in [-0.25, -0.2) is 0 Å². The molecule has 0 aliphatic carbocycles. The first-order valence-electron chi connectivity index (χ1n) is 4.70. The van der Waals surface area contributed by atoms with Gasteiger partial charge in [-0.1, -0.05) is 0 Å². The standard InChI is InChI=1S/C9H17FN4O2/c1-13(2)9(16)7(11)8(12)14(6-15)5-3-4-10/h6H,3-5,11-12H2,1-2H3/b8-7+. The molecule has 0 spiro atoms. The number of amides is 2. The van der Waals surface area contributed by atoms with Gasteiger partial charge in [0.05, 0.1) is 6.67 Å². The molecule has 0 atom stereocenters. The van der Waals surface area contributed by atoms with Crippen LogP contribution in [0, 0.1) is 0 Å². The van der Waals surface area contributed by atoms with Gasteiger partial charge in [-0.3, -0.25) is 18.9 Å². The van der Waals surface area contributed by atoms with E-state index < -0.39 is 12.6 Å². The number of rotatable bonds is 6. The molecule has 0 aliphatic heterocycles. The van der Waals surface area contributed by atoms with Gasteiger partial charge >= 0.3 is 0 Å². The zero-order valence-corrected chi connectivity index (χ0v) is 9.44. The maximum absolute atomic E-state index is 11.9. The van der Waals surface area contributed by atoms with E-state index in [1.807, 2.05) is 0 Å². The third kappa shape index (κ3) is 3.76. The highest BCUT2D eigenvalue weighted by Gasteiger charge is 2.16. The number of carbonyl (C=O) groups excluding carboxylic acids is 2. The lowest BCUT2D eigenvalue weighted by Gasteiger charge is -2.20. The van der Waals surface area contributed by atoms with Crippen molar-refractivity contribution >= 4 is 12.3 Å². The highest BCUT2D eigenvalue weighted by molar-refractivity contribution is 5.92. The third-order valence-electron chi connectivity index (χ3n) is 1.88. The largest absolute Gasteiger partial charge is 0.391 e. The minimum absolute atomic E-state index is 0.0905. The van der Waals surface area contributed by atoms with Crippen LogP contribution >= 0.6 is 0 Å². The molecule has 0 saturated heterocycles. The number of hydrogen-bond acceptors (Lipinski definition) is 4. The number of nitrogens with two attached hydrogens (primary N) is 2. The normalized spacial score (nSPS) is 11.7. The Balaban J connectivity index is 4.81. The molecule has 6 nitrogen and oxygen atoms in total. The molecule has 0 aromatic rings. The molecule has 0 aliphatic rings. The van der Waals surface area contributed by atoms with Crippen molar-refractivity contribution < 1.29 is 14.0 Å². The number of hydrogen-bond donors (Lipinski definition) is 2. The average molecular weight is 232 g/mol. The predicted octanol–water partition coefficient (Wildman–Crippen LogP) is -1.02. The first-order valence-corrected chi connectivity index (χ1v) is 4.70. The summed E-state index contributed by atoms with van der Waals surface area (Å²) in [5.74, 6) is -0.647. The van der Waals surface area contributed by atoms with Gasteiger partial charge in [-0.2, -0.15) is 0 Å². The second-order valence-corrected chi connectivity index (χ2v) is 3.34. The number of alkyl halides is 1. The van der Waals surface area contributed by atoms with Gasteiger partial charge in [0.15, 0.2) is 0 Å². The van der Waals surface area contributed by atoms with Crippen molar-refractivity contribution in [2.75, 3.05) is 27.3 Å². The lowest BCUT2D eigenvalue weighted by molar-refractivity contribution is -0.125. The lowest BCUT2D eigenvalue weighted by Crippen LogP contribution is -2.36. The molecule has 0 fully saturated rings. The Hall–Kier alpha value is -1.79. The van der Waals surface area contributed by atoms with Gasteiger partial charge in [0.1, 0.15) is 11.5 Å². The summed E-state index contributed by atoms with van der Waals surface area (Å²) in [6.45, 7) is -0.480. The summed E-state index contributed by atoms with van der Waals surface area (Å²) in [5.41, 5.74) is 10.8. The average Bonchev–Trinajstić information content (AvgIpc) is 2.27. The van der Waals surface area contributed by atoms with Gasteiger partial charge in [0, 0.05) is 20.6 Å². The van der Waals surface area contributed by atoms with Crippen molar-refractivity contribution in [3.8, 4) is 0 Å². The minimum atomic E-state index is -0.570. The highest BCUT2D eigenvalue weighted by Crippen LogP contribution is 2.02. The fourth-order valence-corrected chi connectivity index (χ4v) is 0.965. The maximum Gasteiger partial charge on any atom is 0.272 e. The molecule has 0 radical (unpaired) electrons. The van der Waals surface area contributed by atoms with E-state index in [9.17, 15) is 14.0 Å². The maximum atomic E-state index is 11.9. The summed E-state index contributed by atoms with van der Waals surface area (Å²) in [6, 6.07) is 0. The number of nitrogens with zero attached hydrogens (tertiary/aromatic N) is 2. The van der Waals surface area contributed by atoms with E-state index in [1.165, 1.54) is 19.0 Å². The minimum Gasteiger partial charge on any atom is -0.391 e. The Bertz CT molecular complexity index is 291. The molecule has 7 heteroatoms. The monoisotopic (exact) mass is 232 g/mol. The summed E-state index contributed by atoms with van der Waals surface area (Å²) in [6.07, 6.45) is 0.559. The Morgan fingerprint density at radius 1 is 1.38 bits per heavy atom. The molecule has 0 rings (SSSR count). The summed E-state index contributed by atoms with van der Waals surface area (Å²) in [5, 5.41) is 0. The van der Waals surface area contributed by atoms with Crippen LogP contribution < -0.4 is 11.5 Å². The van der Waals surface area contributed by atoms with Crippen molar-refractivity contribution in [1.29, 1.82) is 0 Å². The summed E-state index contributed by atoms with van der Waals surface area (Å²) >= 11 is 0. The SMILES string of the molecule is CN(C)C(=O)/C(N)=C(/N)N(C=O)CCCF. The molecule has 2 amide bonds. The van der Waals surface area contributed by atoms with Gasteiger partial charge in [0.2, 0.25) is 6.41 Å². The number of likely N-dealkylation sites (N-methyl/N-ethyl adjacent to an activating group) is 1. The molecule has 0 bridgehead atoms. The molecule has 0 unspecified atom stereocenters. The molecule has 92 valence electrons. The second-order valence-electron chi connectivity index (χ2n) is 3.34. The van der Waals surface area contributed by atoms with Crippen molar-refractivity contribution in [3.05, 3.63) is 11.5 Å². The fraction of sp³-hybridized carbons (Fsp3) is 0.556. The smallest absolute Gasteiger partial charge is 0.272 e. The van der Waals surface area contributed by atoms with E-state index >= 15 is 0 Å². The molecule has 16 heavy (non-hydrogen) atoms. The zero-order chi connectivity index (χ0) is 12.7. The predicted molar refractivity (Wildman–Crippen MR) is 57.5 cm³/mol. The van der Waals surface area contributed by atoms with Crippen LogP contribution in [-0.2, 0) is 9.59 Å². The molecule has 4 N–H and O–H groups in total. The van der Waals surface area contributed by atoms with Crippen LogP contribution in [0.2, 0.25) is 0 Å². The Morgan fingerprint density at radius 3 is 2.31 bits per heavy atom. The molecule has 0 aromatic carbocycles. The van der Waals surface area contributed by atoms with E-state index in [-0.39, 0.29) is 24.5 Å². The van der Waals surface area contributed by atoms with Gasteiger partial charge in [0.25, 0.3) is 5.91 Å². The van der Waals surface area contributed by atoms with Gasteiger partial charge in [-0.15, -0.1) is 0 Å². The van der Waals surface area contributed by atoms with E-state index in [2.05, 4.69) is 0 Å².